The maximum Gasteiger partial charge on any atom is 0.394 e. The van der Waals surface area contributed by atoms with Crippen LogP contribution >= 0.6 is 0 Å². The molecule has 0 aliphatic heterocycles. The van der Waals surface area contributed by atoms with Gasteiger partial charge in [0, 0.05) is 57.5 Å². The number of rotatable bonds is 5. The van der Waals surface area contributed by atoms with E-state index in [-0.39, 0.29) is 29.6 Å². The summed E-state index contributed by atoms with van der Waals surface area (Å²) < 4.78 is 68.7. The van der Waals surface area contributed by atoms with Crippen molar-refractivity contribution in [3.8, 4) is 0 Å². The van der Waals surface area contributed by atoms with E-state index in [0.29, 0.717) is 35.5 Å². The zero-order valence-corrected chi connectivity index (χ0v) is 55.4. The van der Waals surface area contributed by atoms with Crippen molar-refractivity contribution >= 4 is 54.8 Å². The van der Waals surface area contributed by atoms with Gasteiger partial charge in [-0.3, -0.25) is 0 Å². The van der Waals surface area contributed by atoms with E-state index in [1.165, 1.54) is 114 Å². The minimum Gasteiger partial charge on any atom is -0.461 e. The van der Waals surface area contributed by atoms with E-state index in [4.69, 9.17) is 22.1 Å². The highest BCUT2D eigenvalue weighted by atomic mass is 19.4. The highest BCUT2D eigenvalue weighted by Gasteiger charge is 2.52. The van der Waals surface area contributed by atoms with Crippen molar-refractivity contribution in [2.45, 2.75) is 225 Å². The average molecular weight is 1190 g/mol. The van der Waals surface area contributed by atoms with E-state index >= 15 is 0 Å². The number of hydrogen-bond acceptors (Lipinski definition) is 5. The third kappa shape index (κ3) is 17.5. The van der Waals surface area contributed by atoms with E-state index in [1.807, 2.05) is 31.2 Å². The molecular formula is C79H99F3O5. The summed E-state index contributed by atoms with van der Waals surface area (Å²) in [5.74, 6) is 6.77. The standard InChI is InChI=1S/C17H19F3O.2C17H22O.2C14H18O/c1-11-3-4-14-13(9-11)10-15(21-14)12-5-7-16(2,8-6-12)17(18,19)20;1-12-4-5-15-14(10-12)11-16(18-15)13-6-8-17(2,3)9-7-13;1-12-4-5-14-11-16(18-15(14)10-12)13-6-8-17(2,3)9-7-13;1-10-5-6-13-11(7-10)8-12(15-13)9-14(2,3)4;1-10-5-6-11-8-12(9-14(2,3)4)15-13(11)7-10/h3-4,9-10,12H,5-8H2,1-2H3;2*4-5,10-11,13H,6-9H2,1-3H3;2*5-8H,9H2,1-4H3. The second kappa shape index (κ2) is 26.0. The van der Waals surface area contributed by atoms with Crippen LogP contribution in [0.15, 0.2) is 143 Å². The Bertz CT molecular complexity index is 3680. The molecule has 466 valence electrons. The highest BCUT2D eigenvalue weighted by Crippen LogP contribution is 2.52. The maximum absolute atomic E-state index is 13.0. The molecular weight excluding hydrogens is 1090 g/mol. The minimum atomic E-state index is -4.11. The van der Waals surface area contributed by atoms with Crippen LogP contribution in [0, 0.1) is 61.7 Å². The first-order chi connectivity index (χ1) is 40.7. The normalized spacial score (nSPS) is 19.2. The van der Waals surface area contributed by atoms with Gasteiger partial charge in [0.1, 0.15) is 56.7 Å². The summed E-state index contributed by atoms with van der Waals surface area (Å²) in [6.45, 7) is 34.7. The van der Waals surface area contributed by atoms with E-state index in [9.17, 15) is 13.2 Å². The van der Waals surface area contributed by atoms with Crippen molar-refractivity contribution in [2.75, 3.05) is 0 Å². The SMILES string of the molecule is Cc1ccc2cc(C3CCC(C)(C)CC3)oc2c1.Cc1ccc2cc(CC(C)(C)C)oc2c1.Cc1ccc2oc(C3CCC(C)(C(F)(F)F)CC3)cc2c1.Cc1ccc2oc(C3CCC(C)(C)CC3)cc2c1.Cc1ccc2oc(CC(C)(C)C)cc2c1. The fourth-order valence-electron chi connectivity index (χ4n) is 13.0. The smallest absolute Gasteiger partial charge is 0.394 e. The number of hydrogen-bond donors (Lipinski definition) is 0. The van der Waals surface area contributed by atoms with Gasteiger partial charge in [-0.05, 0) is 223 Å². The summed E-state index contributed by atoms with van der Waals surface area (Å²) in [6, 6.07) is 42.3. The molecule has 5 aromatic heterocycles. The van der Waals surface area contributed by atoms with Gasteiger partial charge < -0.3 is 22.1 Å². The molecule has 8 heteroatoms. The van der Waals surface area contributed by atoms with Gasteiger partial charge in [0.2, 0.25) is 0 Å². The van der Waals surface area contributed by atoms with Crippen molar-refractivity contribution in [2.24, 2.45) is 27.1 Å². The van der Waals surface area contributed by atoms with Gasteiger partial charge in [-0.25, -0.2) is 0 Å². The van der Waals surface area contributed by atoms with Gasteiger partial charge in [-0.2, -0.15) is 13.2 Å². The van der Waals surface area contributed by atoms with Crippen molar-refractivity contribution in [1.82, 2.24) is 0 Å². The van der Waals surface area contributed by atoms with Crippen LogP contribution in [-0.2, 0) is 12.8 Å². The lowest BCUT2D eigenvalue weighted by molar-refractivity contribution is -0.228. The molecule has 10 aromatic rings. The molecule has 0 unspecified atom stereocenters. The molecule has 0 N–H and O–H groups in total. The number of fused-ring (bicyclic) bond motifs is 5. The Hall–Kier alpha value is -6.41. The van der Waals surface area contributed by atoms with E-state index < -0.39 is 11.6 Å². The molecule has 3 saturated carbocycles. The van der Waals surface area contributed by atoms with E-state index in [0.717, 1.165) is 69.0 Å². The number of aryl methyl sites for hydroxylation is 5. The Kier molecular flexibility index (Phi) is 19.4. The third-order valence-corrected chi connectivity index (χ3v) is 18.6. The van der Waals surface area contributed by atoms with Gasteiger partial charge in [0.25, 0.3) is 0 Å². The summed E-state index contributed by atoms with van der Waals surface area (Å²) in [7, 11) is 0. The molecule has 0 amide bonds. The highest BCUT2D eigenvalue weighted by molar-refractivity contribution is 5.81. The largest absolute Gasteiger partial charge is 0.461 e. The van der Waals surface area contributed by atoms with Crippen LogP contribution in [0.3, 0.4) is 0 Å². The molecule has 0 atom stereocenters. The molecule has 3 aliphatic carbocycles. The van der Waals surface area contributed by atoms with Gasteiger partial charge in [0.15, 0.2) is 0 Å². The van der Waals surface area contributed by atoms with Crippen molar-refractivity contribution in [3.05, 3.63) is 178 Å². The number of furan rings is 5. The van der Waals surface area contributed by atoms with Crippen LogP contribution in [0.5, 0.6) is 0 Å². The molecule has 5 aromatic carbocycles. The molecule has 5 nitrogen and oxygen atoms in total. The van der Waals surface area contributed by atoms with E-state index in [1.54, 1.807) is 0 Å². The quantitative estimate of drug-likeness (QED) is 0.172. The van der Waals surface area contributed by atoms with Crippen molar-refractivity contribution in [1.29, 1.82) is 0 Å². The van der Waals surface area contributed by atoms with Crippen molar-refractivity contribution < 1.29 is 35.3 Å². The second-order valence-electron chi connectivity index (χ2n) is 30.8. The lowest BCUT2D eigenvalue weighted by Gasteiger charge is -2.38. The zero-order chi connectivity index (χ0) is 62.9. The predicted octanol–water partition coefficient (Wildman–Crippen LogP) is 25.5. The summed E-state index contributed by atoms with van der Waals surface area (Å²) in [5.41, 5.74) is 11.3. The molecule has 0 saturated heterocycles. The summed E-state index contributed by atoms with van der Waals surface area (Å²) >= 11 is 0. The first-order valence-electron chi connectivity index (χ1n) is 32.3. The summed E-state index contributed by atoms with van der Waals surface area (Å²) in [6.07, 6.45) is 9.63. The van der Waals surface area contributed by atoms with E-state index in [2.05, 4.69) is 194 Å². The molecule has 13 rings (SSSR count). The number of alkyl halides is 3. The second-order valence-corrected chi connectivity index (χ2v) is 30.8. The van der Waals surface area contributed by atoms with Gasteiger partial charge in [0.05, 0.1) is 5.41 Å². The molecule has 0 radical (unpaired) electrons. The predicted molar refractivity (Wildman–Crippen MR) is 356 cm³/mol. The van der Waals surface area contributed by atoms with Gasteiger partial charge in [-0.15, -0.1) is 0 Å². The fraction of sp³-hybridized carbons (Fsp3) is 0.494. The first kappa shape index (κ1) is 65.0. The summed E-state index contributed by atoms with van der Waals surface area (Å²) in [4.78, 5) is 0. The van der Waals surface area contributed by atoms with Crippen LogP contribution in [0.1, 0.15) is 228 Å². The van der Waals surface area contributed by atoms with Crippen LogP contribution in [-0.4, -0.2) is 6.18 Å². The topological polar surface area (TPSA) is 65.7 Å². The van der Waals surface area contributed by atoms with Crippen LogP contribution < -0.4 is 0 Å². The molecule has 5 heterocycles. The third-order valence-electron chi connectivity index (χ3n) is 18.6. The monoisotopic (exact) mass is 1180 g/mol. The van der Waals surface area contributed by atoms with Gasteiger partial charge >= 0.3 is 6.18 Å². The van der Waals surface area contributed by atoms with Gasteiger partial charge in [-0.1, -0.05) is 135 Å². The maximum atomic E-state index is 13.0. The lowest BCUT2D eigenvalue weighted by Crippen LogP contribution is -2.38. The Balaban J connectivity index is 0.000000130. The van der Waals surface area contributed by atoms with Crippen molar-refractivity contribution in [3.63, 3.8) is 0 Å². The van der Waals surface area contributed by atoms with Crippen LogP contribution in [0.25, 0.3) is 54.8 Å². The molecule has 87 heavy (non-hydrogen) atoms. The lowest BCUT2D eigenvalue weighted by atomic mass is 9.70. The zero-order valence-electron chi connectivity index (χ0n) is 55.4. The Morgan fingerprint density at radius 2 is 0.632 bits per heavy atom. The molecule has 3 aliphatic rings. The van der Waals surface area contributed by atoms with Crippen LogP contribution in [0.2, 0.25) is 0 Å². The minimum absolute atomic E-state index is 0.105. The molecule has 3 fully saturated rings. The Morgan fingerprint density at radius 3 is 1.02 bits per heavy atom. The Morgan fingerprint density at radius 1 is 0.345 bits per heavy atom. The van der Waals surface area contributed by atoms with Crippen LogP contribution in [0.4, 0.5) is 13.2 Å². The molecule has 0 spiro atoms. The number of halogens is 3. The number of benzene rings is 5. The average Bonchev–Trinajstić information content (AvgIpc) is 2.18. The first-order valence-corrected chi connectivity index (χ1v) is 32.3. The summed E-state index contributed by atoms with van der Waals surface area (Å²) in [5, 5.41) is 5.97. The molecule has 0 bridgehead atoms. The Labute approximate surface area is 517 Å². The fourth-order valence-corrected chi connectivity index (χ4v) is 13.0.